The lowest BCUT2D eigenvalue weighted by Crippen LogP contribution is -2.59. The van der Waals surface area contributed by atoms with Crippen LogP contribution in [0.15, 0.2) is 24.3 Å². The number of likely N-dealkylation sites (tertiary alicyclic amines) is 1. The van der Waals surface area contributed by atoms with Gasteiger partial charge < -0.3 is 10.0 Å². The van der Waals surface area contributed by atoms with Gasteiger partial charge in [-0.1, -0.05) is 12.1 Å². The lowest BCUT2D eigenvalue weighted by Gasteiger charge is -2.41. The van der Waals surface area contributed by atoms with Crippen molar-refractivity contribution in [3.8, 4) is 0 Å². The van der Waals surface area contributed by atoms with Gasteiger partial charge in [0.15, 0.2) is 5.60 Å². The van der Waals surface area contributed by atoms with E-state index < -0.39 is 5.60 Å². The normalized spacial score (nSPS) is 26.5. The van der Waals surface area contributed by atoms with Gasteiger partial charge in [0, 0.05) is 44.2 Å². The fourth-order valence-corrected chi connectivity index (χ4v) is 4.28. The zero-order valence-corrected chi connectivity index (χ0v) is 14.0. The minimum Gasteiger partial charge on any atom is -0.379 e. The van der Waals surface area contributed by atoms with Gasteiger partial charge in [0.25, 0.3) is 5.91 Å². The Labute approximate surface area is 140 Å². The van der Waals surface area contributed by atoms with Crippen LogP contribution in [-0.4, -0.2) is 64.1 Å². The van der Waals surface area contributed by atoms with Crippen molar-refractivity contribution in [1.82, 2.24) is 9.80 Å². The molecule has 2 fully saturated rings. The van der Waals surface area contributed by atoms with Crippen LogP contribution >= 0.6 is 11.8 Å². The van der Waals surface area contributed by atoms with Crippen LogP contribution in [0, 0.1) is 5.82 Å². The number of benzene rings is 1. The highest BCUT2D eigenvalue weighted by atomic mass is 32.2. The Balaban J connectivity index is 1.65. The zero-order valence-electron chi connectivity index (χ0n) is 13.2. The predicted molar refractivity (Wildman–Crippen MR) is 89.8 cm³/mol. The molecule has 1 atom stereocenters. The van der Waals surface area contributed by atoms with E-state index in [1.165, 1.54) is 12.1 Å². The highest BCUT2D eigenvalue weighted by Crippen LogP contribution is 2.26. The summed E-state index contributed by atoms with van der Waals surface area (Å²) in [5.41, 5.74) is -0.390. The molecule has 23 heavy (non-hydrogen) atoms. The number of rotatable bonds is 4. The second-order valence-electron chi connectivity index (χ2n) is 6.38. The van der Waals surface area contributed by atoms with E-state index in [-0.39, 0.29) is 11.7 Å². The summed E-state index contributed by atoms with van der Waals surface area (Å²) in [7, 11) is 0. The molecule has 126 valence electrons. The van der Waals surface area contributed by atoms with Crippen LogP contribution in [0.3, 0.4) is 0 Å². The molecule has 0 saturated carbocycles. The molecular formula is C17H23FN2O2S. The van der Waals surface area contributed by atoms with Crippen LogP contribution < -0.4 is 0 Å². The van der Waals surface area contributed by atoms with E-state index in [0.717, 1.165) is 36.6 Å². The molecule has 0 aromatic heterocycles. The average Bonchev–Trinajstić information content (AvgIpc) is 2.55. The summed E-state index contributed by atoms with van der Waals surface area (Å²) in [6, 6.07) is 6.19. The van der Waals surface area contributed by atoms with Gasteiger partial charge in [-0.2, -0.15) is 11.8 Å². The molecule has 0 aliphatic carbocycles. The van der Waals surface area contributed by atoms with E-state index in [4.69, 9.17) is 0 Å². The second kappa shape index (κ2) is 7.20. The molecule has 1 amide bonds. The summed E-state index contributed by atoms with van der Waals surface area (Å²) in [5.74, 6) is 1.65. The van der Waals surface area contributed by atoms with Gasteiger partial charge in [-0.05, 0) is 30.5 Å². The molecule has 1 aromatic carbocycles. The first-order chi connectivity index (χ1) is 11.1. The zero-order chi connectivity index (χ0) is 16.3. The highest BCUT2D eigenvalue weighted by Gasteiger charge is 2.43. The molecule has 2 heterocycles. The Morgan fingerprint density at radius 3 is 2.57 bits per heavy atom. The number of halogens is 1. The summed E-state index contributed by atoms with van der Waals surface area (Å²) in [5, 5.41) is 10.9. The molecule has 6 heteroatoms. The first kappa shape index (κ1) is 16.7. The maximum Gasteiger partial charge on any atom is 0.256 e. The lowest BCUT2D eigenvalue weighted by atomic mass is 9.90. The Kier molecular flexibility index (Phi) is 5.24. The van der Waals surface area contributed by atoms with Crippen LogP contribution in [0.1, 0.15) is 18.4 Å². The van der Waals surface area contributed by atoms with E-state index in [2.05, 4.69) is 4.90 Å². The molecule has 1 aromatic rings. The number of nitrogens with zero attached hydrogens (tertiary/aromatic N) is 2. The van der Waals surface area contributed by atoms with Crippen molar-refractivity contribution in [1.29, 1.82) is 0 Å². The van der Waals surface area contributed by atoms with Gasteiger partial charge in [0.05, 0.1) is 0 Å². The minimum absolute atomic E-state index is 0.189. The van der Waals surface area contributed by atoms with Gasteiger partial charge in [0.2, 0.25) is 0 Å². The first-order valence-electron chi connectivity index (χ1n) is 8.13. The van der Waals surface area contributed by atoms with Crippen LogP contribution in [0.2, 0.25) is 0 Å². The molecule has 0 bridgehead atoms. The van der Waals surface area contributed by atoms with E-state index in [1.54, 1.807) is 17.0 Å². The van der Waals surface area contributed by atoms with Crippen molar-refractivity contribution in [3.05, 3.63) is 35.6 Å². The van der Waals surface area contributed by atoms with Crippen LogP contribution in [0.5, 0.6) is 0 Å². The predicted octanol–water partition coefficient (Wildman–Crippen LogP) is 1.73. The van der Waals surface area contributed by atoms with E-state index in [9.17, 15) is 14.3 Å². The number of hydrogen-bond donors (Lipinski definition) is 1. The number of amides is 1. The first-order valence-corrected chi connectivity index (χ1v) is 9.29. The van der Waals surface area contributed by atoms with Gasteiger partial charge >= 0.3 is 0 Å². The van der Waals surface area contributed by atoms with E-state index in [1.807, 2.05) is 11.8 Å². The smallest absolute Gasteiger partial charge is 0.256 e. The maximum absolute atomic E-state index is 13.0. The second-order valence-corrected chi connectivity index (χ2v) is 7.60. The van der Waals surface area contributed by atoms with Crippen molar-refractivity contribution in [2.24, 2.45) is 0 Å². The fourth-order valence-electron chi connectivity index (χ4n) is 3.30. The van der Waals surface area contributed by atoms with Gasteiger partial charge in [-0.25, -0.2) is 4.39 Å². The van der Waals surface area contributed by atoms with E-state index >= 15 is 0 Å². The van der Waals surface area contributed by atoms with Crippen molar-refractivity contribution in [2.45, 2.75) is 25.0 Å². The molecular weight excluding hydrogens is 315 g/mol. The monoisotopic (exact) mass is 338 g/mol. The standard InChI is InChI=1S/C17H23FN2O2S/c18-15-4-2-14(3-5-15)12-20-7-1-6-17(22,16(20)21)13-19-8-10-23-11-9-19/h2-5,22H,1,6-13H2. The summed E-state index contributed by atoms with van der Waals surface area (Å²) < 4.78 is 13.0. The molecule has 4 nitrogen and oxygen atoms in total. The summed E-state index contributed by atoms with van der Waals surface area (Å²) in [6.07, 6.45) is 1.32. The number of hydrogen-bond acceptors (Lipinski definition) is 4. The average molecular weight is 338 g/mol. The third kappa shape index (κ3) is 4.05. The van der Waals surface area contributed by atoms with Crippen molar-refractivity contribution >= 4 is 17.7 Å². The van der Waals surface area contributed by atoms with Gasteiger partial charge in [-0.15, -0.1) is 0 Å². The van der Waals surface area contributed by atoms with Crippen LogP contribution in [0.4, 0.5) is 4.39 Å². The number of thioether (sulfide) groups is 1. The SMILES string of the molecule is O=C1N(Cc2ccc(F)cc2)CCCC1(O)CN1CCSCC1. The summed E-state index contributed by atoms with van der Waals surface area (Å²) in [6.45, 7) is 3.36. The molecule has 1 N–H and O–H groups in total. The van der Waals surface area contributed by atoms with Crippen molar-refractivity contribution in [2.75, 3.05) is 37.7 Å². The number of carbonyl (C=O) groups is 1. The minimum atomic E-state index is -1.28. The van der Waals surface area contributed by atoms with Gasteiger partial charge in [0.1, 0.15) is 5.82 Å². The summed E-state index contributed by atoms with van der Waals surface area (Å²) in [4.78, 5) is 16.7. The molecule has 2 aliphatic heterocycles. The molecule has 0 spiro atoms. The topological polar surface area (TPSA) is 43.8 Å². The largest absolute Gasteiger partial charge is 0.379 e. The molecule has 2 saturated heterocycles. The number of aliphatic hydroxyl groups is 1. The Bertz CT molecular complexity index is 548. The Hall–Kier alpha value is -1.11. The third-order valence-corrected chi connectivity index (χ3v) is 5.52. The third-order valence-electron chi connectivity index (χ3n) is 4.58. The van der Waals surface area contributed by atoms with E-state index in [0.29, 0.717) is 26.1 Å². The number of carbonyl (C=O) groups excluding carboxylic acids is 1. The quantitative estimate of drug-likeness (QED) is 0.908. The van der Waals surface area contributed by atoms with Crippen molar-refractivity contribution in [3.63, 3.8) is 0 Å². The Morgan fingerprint density at radius 2 is 1.87 bits per heavy atom. The molecule has 0 radical (unpaired) electrons. The number of piperidine rings is 1. The lowest BCUT2D eigenvalue weighted by molar-refractivity contribution is -0.160. The molecule has 1 unspecified atom stereocenters. The Morgan fingerprint density at radius 1 is 1.17 bits per heavy atom. The molecule has 2 aliphatic rings. The number of β-amino-alcohol motifs (C(OH)–C–C–N with tert-alkyl or cyclic N) is 1. The fraction of sp³-hybridized carbons (Fsp3) is 0.588. The maximum atomic E-state index is 13.0. The highest BCUT2D eigenvalue weighted by molar-refractivity contribution is 7.99. The van der Waals surface area contributed by atoms with Crippen molar-refractivity contribution < 1.29 is 14.3 Å². The summed E-state index contributed by atoms with van der Waals surface area (Å²) >= 11 is 1.91. The van der Waals surface area contributed by atoms with Crippen LogP contribution in [-0.2, 0) is 11.3 Å². The van der Waals surface area contributed by atoms with Crippen LogP contribution in [0.25, 0.3) is 0 Å². The van der Waals surface area contributed by atoms with Gasteiger partial charge in [-0.3, -0.25) is 9.69 Å². The molecule has 3 rings (SSSR count).